The van der Waals surface area contributed by atoms with Gasteiger partial charge in [-0.25, -0.2) is 0 Å². The average molecular weight is 444 g/mol. The number of amides is 2. The van der Waals surface area contributed by atoms with E-state index in [0.29, 0.717) is 28.8 Å². The average Bonchev–Trinajstić information content (AvgIpc) is 3.45. The lowest BCUT2D eigenvalue weighted by atomic mass is 10.1. The first-order valence-electron chi connectivity index (χ1n) is 10.4. The van der Waals surface area contributed by atoms with Crippen molar-refractivity contribution in [2.75, 3.05) is 49.0 Å². The molecule has 164 valence electrons. The largest absolute Gasteiger partial charge is 0.495 e. The zero-order valence-electron chi connectivity index (χ0n) is 17.7. The molecular weight excluding hydrogens is 418 g/mol. The molecule has 0 saturated carbocycles. The highest BCUT2D eigenvalue weighted by molar-refractivity contribution is 6.32. The first-order chi connectivity index (χ1) is 15.0. The van der Waals surface area contributed by atoms with Crippen molar-refractivity contribution in [2.24, 2.45) is 5.92 Å². The molecule has 2 heterocycles. The second-order valence-corrected chi connectivity index (χ2v) is 8.20. The molecule has 1 unspecified atom stereocenters. The summed E-state index contributed by atoms with van der Waals surface area (Å²) in [7, 11) is 3.00. The van der Waals surface area contributed by atoms with E-state index in [1.165, 1.54) is 32.7 Å². The number of halogens is 1. The zero-order chi connectivity index (χ0) is 22.0. The number of methoxy groups -OCH3 is 2. The quantitative estimate of drug-likeness (QED) is 0.732. The Bertz CT molecular complexity index is 974. The van der Waals surface area contributed by atoms with Gasteiger partial charge in [0.05, 0.1) is 30.8 Å². The van der Waals surface area contributed by atoms with E-state index >= 15 is 0 Å². The van der Waals surface area contributed by atoms with Crippen LogP contribution in [0.4, 0.5) is 17.1 Å². The third-order valence-electron chi connectivity index (χ3n) is 5.86. The van der Waals surface area contributed by atoms with Gasteiger partial charge in [-0.1, -0.05) is 11.6 Å². The van der Waals surface area contributed by atoms with Crippen molar-refractivity contribution in [3.05, 3.63) is 41.4 Å². The lowest BCUT2D eigenvalue weighted by Crippen LogP contribution is -2.28. The molecule has 2 aliphatic heterocycles. The summed E-state index contributed by atoms with van der Waals surface area (Å²) in [6.45, 7) is 2.48. The van der Waals surface area contributed by atoms with E-state index in [-0.39, 0.29) is 18.2 Å². The van der Waals surface area contributed by atoms with Gasteiger partial charge in [-0.3, -0.25) is 9.59 Å². The van der Waals surface area contributed by atoms with Crippen molar-refractivity contribution in [2.45, 2.75) is 19.3 Å². The van der Waals surface area contributed by atoms with Crippen LogP contribution < -0.4 is 24.6 Å². The van der Waals surface area contributed by atoms with Gasteiger partial charge in [0.2, 0.25) is 11.8 Å². The molecule has 0 aromatic heterocycles. The number of benzene rings is 2. The first-order valence-corrected chi connectivity index (χ1v) is 10.8. The maximum atomic E-state index is 12.9. The van der Waals surface area contributed by atoms with Gasteiger partial charge in [0.1, 0.15) is 11.5 Å². The van der Waals surface area contributed by atoms with E-state index in [9.17, 15) is 9.59 Å². The van der Waals surface area contributed by atoms with Crippen LogP contribution in [-0.4, -0.2) is 45.7 Å². The fourth-order valence-electron chi connectivity index (χ4n) is 4.14. The fraction of sp³-hybridized carbons (Fsp3) is 0.391. The minimum absolute atomic E-state index is 0.0604. The van der Waals surface area contributed by atoms with Gasteiger partial charge in [0, 0.05) is 49.6 Å². The molecule has 2 saturated heterocycles. The molecule has 31 heavy (non-hydrogen) atoms. The molecule has 2 fully saturated rings. The second-order valence-electron chi connectivity index (χ2n) is 7.79. The first kappa shape index (κ1) is 21.3. The van der Waals surface area contributed by atoms with Crippen LogP contribution in [0.2, 0.25) is 5.02 Å². The zero-order valence-corrected chi connectivity index (χ0v) is 18.4. The predicted molar refractivity (Wildman–Crippen MR) is 122 cm³/mol. The molecular formula is C23H26ClN3O4. The molecule has 2 aliphatic rings. The molecule has 2 amide bonds. The molecule has 0 radical (unpaired) electrons. The summed E-state index contributed by atoms with van der Waals surface area (Å²) in [6, 6.07) is 11.2. The minimum Gasteiger partial charge on any atom is -0.495 e. The van der Waals surface area contributed by atoms with Crippen LogP contribution in [0.5, 0.6) is 11.5 Å². The molecule has 7 nitrogen and oxygen atoms in total. The maximum Gasteiger partial charge on any atom is 0.229 e. The van der Waals surface area contributed by atoms with Gasteiger partial charge < -0.3 is 24.6 Å². The van der Waals surface area contributed by atoms with E-state index in [0.717, 1.165) is 18.8 Å². The van der Waals surface area contributed by atoms with Crippen molar-refractivity contribution in [3.63, 3.8) is 0 Å². The van der Waals surface area contributed by atoms with Crippen molar-refractivity contribution < 1.29 is 19.1 Å². The summed E-state index contributed by atoms with van der Waals surface area (Å²) in [6.07, 6.45) is 2.59. The second kappa shape index (κ2) is 9.06. The van der Waals surface area contributed by atoms with Gasteiger partial charge in [-0.15, -0.1) is 0 Å². The monoisotopic (exact) mass is 443 g/mol. The van der Waals surface area contributed by atoms with Crippen molar-refractivity contribution in [1.29, 1.82) is 0 Å². The van der Waals surface area contributed by atoms with Crippen molar-refractivity contribution in [3.8, 4) is 11.5 Å². The van der Waals surface area contributed by atoms with Crippen LogP contribution in [0, 0.1) is 5.92 Å². The van der Waals surface area contributed by atoms with Crippen LogP contribution in [0.25, 0.3) is 0 Å². The van der Waals surface area contributed by atoms with E-state index in [4.69, 9.17) is 21.1 Å². The number of rotatable bonds is 6. The fourth-order valence-corrected chi connectivity index (χ4v) is 4.38. The molecule has 0 spiro atoms. The van der Waals surface area contributed by atoms with E-state index < -0.39 is 5.92 Å². The topological polar surface area (TPSA) is 71.1 Å². The molecule has 8 heteroatoms. The van der Waals surface area contributed by atoms with Gasteiger partial charge in [-0.2, -0.15) is 0 Å². The van der Waals surface area contributed by atoms with Crippen LogP contribution in [0.3, 0.4) is 0 Å². The van der Waals surface area contributed by atoms with Crippen LogP contribution in [0.1, 0.15) is 19.3 Å². The Morgan fingerprint density at radius 2 is 1.68 bits per heavy atom. The number of anilines is 3. The number of nitrogens with zero attached hydrogens (tertiary/aromatic N) is 2. The number of carbonyl (C=O) groups excluding carboxylic acids is 2. The Kier molecular flexibility index (Phi) is 6.23. The van der Waals surface area contributed by atoms with Gasteiger partial charge >= 0.3 is 0 Å². The van der Waals surface area contributed by atoms with Crippen molar-refractivity contribution >= 4 is 40.5 Å². The maximum absolute atomic E-state index is 12.9. The van der Waals surface area contributed by atoms with E-state index in [1.54, 1.807) is 17.0 Å². The Labute approximate surface area is 186 Å². The number of ether oxygens (including phenoxy) is 2. The third kappa shape index (κ3) is 4.42. The highest BCUT2D eigenvalue weighted by atomic mass is 35.5. The van der Waals surface area contributed by atoms with Gasteiger partial charge in [0.15, 0.2) is 0 Å². The van der Waals surface area contributed by atoms with E-state index in [2.05, 4.69) is 10.2 Å². The molecule has 1 N–H and O–H groups in total. The Hall–Kier alpha value is -2.93. The molecule has 4 rings (SSSR count). The Balaban J connectivity index is 1.45. The number of nitrogens with one attached hydrogen (secondary N) is 1. The van der Waals surface area contributed by atoms with Gasteiger partial charge in [0.25, 0.3) is 0 Å². The molecule has 0 bridgehead atoms. The highest BCUT2D eigenvalue weighted by Crippen LogP contribution is 2.36. The number of carbonyl (C=O) groups is 2. The normalized spacial score (nSPS) is 18.4. The Morgan fingerprint density at radius 3 is 2.32 bits per heavy atom. The summed E-state index contributed by atoms with van der Waals surface area (Å²) in [4.78, 5) is 29.5. The predicted octanol–water partition coefficient (Wildman–Crippen LogP) is 3.95. The summed E-state index contributed by atoms with van der Waals surface area (Å²) in [5, 5.41) is 3.24. The number of hydrogen-bond donors (Lipinski definition) is 1. The lowest BCUT2D eigenvalue weighted by molar-refractivity contribution is -0.122. The molecule has 1 atom stereocenters. The summed E-state index contributed by atoms with van der Waals surface area (Å²) in [5.74, 6) is 0.0943. The smallest absolute Gasteiger partial charge is 0.229 e. The van der Waals surface area contributed by atoms with Crippen LogP contribution in [-0.2, 0) is 9.59 Å². The van der Waals surface area contributed by atoms with Crippen LogP contribution >= 0.6 is 11.6 Å². The lowest BCUT2D eigenvalue weighted by Gasteiger charge is -2.21. The summed E-state index contributed by atoms with van der Waals surface area (Å²) < 4.78 is 10.5. The molecule has 0 aliphatic carbocycles. The standard InChI is InChI=1S/C23H26ClN3O4/c1-30-20-13-19(21(31-2)12-18(20)24)25-23(29)15-11-22(28)27(14-15)17-7-5-16(6-8-17)26-9-3-4-10-26/h5-8,12-13,15H,3-4,9-11,14H2,1-2H3,(H,25,29). The van der Waals surface area contributed by atoms with Gasteiger partial charge in [-0.05, 0) is 37.1 Å². The molecule has 2 aromatic rings. The number of hydrogen-bond acceptors (Lipinski definition) is 5. The summed E-state index contributed by atoms with van der Waals surface area (Å²) >= 11 is 6.13. The molecule has 2 aromatic carbocycles. The van der Waals surface area contributed by atoms with E-state index in [1.807, 2.05) is 24.3 Å². The third-order valence-corrected chi connectivity index (χ3v) is 6.16. The highest BCUT2D eigenvalue weighted by Gasteiger charge is 2.35. The van der Waals surface area contributed by atoms with Crippen LogP contribution in [0.15, 0.2) is 36.4 Å². The minimum atomic E-state index is -0.461. The summed E-state index contributed by atoms with van der Waals surface area (Å²) in [5.41, 5.74) is 2.44. The van der Waals surface area contributed by atoms with Crippen molar-refractivity contribution in [1.82, 2.24) is 0 Å². The Morgan fingerprint density at radius 1 is 1.03 bits per heavy atom. The SMILES string of the molecule is COc1cc(NC(=O)C2CC(=O)N(c3ccc(N4CCCC4)cc3)C2)c(OC)cc1Cl.